The first kappa shape index (κ1) is 23.5. The van der Waals surface area contributed by atoms with E-state index in [0.717, 1.165) is 21.6 Å². The van der Waals surface area contributed by atoms with E-state index in [4.69, 9.17) is 27.9 Å². The zero-order chi connectivity index (χ0) is 24.6. The summed E-state index contributed by atoms with van der Waals surface area (Å²) in [4.78, 5) is 39.3. The molecule has 172 valence electrons. The fourth-order valence-corrected chi connectivity index (χ4v) is 3.82. The Morgan fingerprint density at radius 3 is 2.26 bits per heavy atom. The van der Waals surface area contributed by atoms with Crippen molar-refractivity contribution in [2.75, 3.05) is 10.2 Å². The summed E-state index contributed by atoms with van der Waals surface area (Å²) in [5, 5.41) is 3.28. The van der Waals surface area contributed by atoms with Crippen LogP contribution in [0, 0.1) is 20.8 Å². The number of anilines is 2. The van der Waals surface area contributed by atoms with Gasteiger partial charge in [0.15, 0.2) is 0 Å². The molecule has 0 atom stereocenters. The molecule has 0 fully saturated rings. The number of rotatable bonds is 5. The van der Waals surface area contributed by atoms with Crippen LogP contribution in [-0.4, -0.2) is 17.8 Å². The van der Waals surface area contributed by atoms with E-state index >= 15 is 0 Å². The van der Waals surface area contributed by atoms with Crippen molar-refractivity contribution in [2.24, 2.45) is 0 Å². The summed E-state index contributed by atoms with van der Waals surface area (Å²) < 4.78 is 5.39. The highest BCUT2D eigenvalue weighted by molar-refractivity contribution is 6.53. The molecule has 0 aromatic heterocycles. The molecule has 1 heterocycles. The average Bonchev–Trinajstić information content (AvgIpc) is 3.02. The van der Waals surface area contributed by atoms with Gasteiger partial charge in [0.1, 0.15) is 16.5 Å². The number of carbonyl (C=O) groups is 3. The van der Waals surface area contributed by atoms with Crippen molar-refractivity contribution in [1.82, 2.24) is 0 Å². The Balaban J connectivity index is 1.50. The molecule has 34 heavy (non-hydrogen) atoms. The maximum absolute atomic E-state index is 13.0. The third kappa shape index (κ3) is 4.42. The van der Waals surface area contributed by atoms with Crippen LogP contribution in [0.25, 0.3) is 0 Å². The molecule has 0 saturated heterocycles. The maximum atomic E-state index is 13.0. The summed E-state index contributed by atoms with van der Waals surface area (Å²) in [5.74, 6) is -1.31. The summed E-state index contributed by atoms with van der Waals surface area (Å²) in [7, 11) is 0. The normalized spacial score (nSPS) is 13.5. The molecule has 3 aromatic rings. The lowest BCUT2D eigenvalue weighted by molar-refractivity contribution is -0.120. The molecular formula is C26H20Cl2N2O4. The second kappa shape index (κ2) is 9.33. The van der Waals surface area contributed by atoms with Gasteiger partial charge in [-0.25, -0.2) is 9.69 Å². The number of imide groups is 1. The Bertz CT molecular complexity index is 1360. The van der Waals surface area contributed by atoms with Crippen molar-refractivity contribution in [3.63, 3.8) is 0 Å². The van der Waals surface area contributed by atoms with E-state index in [1.165, 1.54) is 0 Å². The number of esters is 1. The van der Waals surface area contributed by atoms with Gasteiger partial charge in [0.25, 0.3) is 11.8 Å². The maximum Gasteiger partial charge on any atom is 0.343 e. The van der Waals surface area contributed by atoms with E-state index in [1.54, 1.807) is 54.6 Å². The second-order valence-corrected chi connectivity index (χ2v) is 8.64. The minimum absolute atomic E-state index is 0.0282. The molecule has 8 heteroatoms. The largest absolute Gasteiger partial charge is 0.423 e. The van der Waals surface area contributed by atoms with Gasteiger partial charge >= 0.3 is 5.97 Å². The van der Waals surface area contributed by atoms with Gasteiger partial charge in [-0.2, -0.15) is 0 Å². The Labute approximate surface area is 206 Å². The monoisotopic (exact) mass is 494 g/mol. The van der Waals surface area contributed by atoms with Crippen LogP contribution in [-0.2, 0) is 9.59 Å². The number of ether oxygens (including phenoxy) is 1. The molecule has 1 aliphatic heterocycles. The van der Waals surface area contributed by atoms with E-state index in [-0.39, 0.29) is 10.7 Å². The lowest BCUT2D eigenvalue weighted by Gasteiger charge is -2.18. The molecule has 0 saturated carbocycles. The van der Waals surface area contributed by atoms with Crippen molar-refractivity contribution in [2.45, 2.75) is 20.8 Å². The van der Waals surface area contributed by atoms with Gasteiger partial charge in [-0.3, -0.25) is 9.59 Å². The molecule has 6 nitrogen and oxygen atoms in total. The number of carbonyl (C=O) groups excluding carboxylic acids is 3. The van der Waals surface area contributed by atoms with E-state index in [0.29, 0.717) is 27.7 Å². The third-order valence-electron chi connectivity index (χ3n) is 5.57. The Morgan fingerprint density at radius 2 is 1.59 bits per heavy atom. The molecular weight excluding hydrogens is 475 g/mol. The van der Waals surface area contributed by atoms with Gasteiger partial charge < -0.3 is 10.1 Å². The van der Waals surface area contributed by atoms with Gasteiger partial charge in [-0.1, -0.05) is 35.3 Å². The fraction of sp³-hybridized carbons (Fsp3) is 0.115. The SMILES string of the molecule is Cc1cc(OC(=O)c2ccc(NC3=C(Cl)C(=O)N(c4cccc(C)c4C)C3=O)cc2)ccc1Cl. The predicted molar refractivity (Wildman–Crippen MR) is 133 cm³/mol. The highest BCUT2D eigenvalue weighted by Crippen LogP contribution is 2.33. The van der Waals surface area contributed by atoms with Crippen LogP contribution < -0.4 is 15.0 Å². The number of nitrogens with zero attached hydrogens (tertiary/aromatic N) is 1. The zero-order valence-electron chi connectivity index (χ0n) is 18.6. The van der Waals surface area contributed by atoms with Crippen LogP contribution in [0.4, 0.5) is 11.4 Å². The first-order valence-corrected chi connectivity index (χ1v) is 11.1. The lowest BCUT2D eigenvalue weighted by Crippen LogP contribution is -2.33. The summed E-state index contributed by atoms with van der Waals surface area (Å²) in [5.41, 5.74) is 3.81. The average molecular weight is 495 g/mol. The van der Waals surface area contributed by atoms with E-state index in [2.05, 4.69) is 5.32 Å². The Hall–Kier alpha value is -3.61. The fourth-order valence-electron chi connectivity index (χ4n) is 3.49. The number of amides is 2. The Morgan fingerprint density at radius 1 is 0.882 bits per heavy atom. The highest BCUT2D eigenvalue weighted by Gasteiger charge is 2.39. The molecule has 2 amide bonds. The molecule has 0 unspecified atom stereocenters. The molecule has 3 aromatic carbocycles. The number of benzene rings is 3. The number of hydrogen-bond donors (Lipinski definition) is 1. The number of nitrogens with one attached hydrogen (secondary N) is 1. The molecule has 0 bridgehead atoms. The first-order chi connectivity index (χ1) is 16.2. The van der Waals surface area contributed by atoms with Crippen molar-refractivity contribution in [3.05, 3.63) is 98.7 Å². The van der Waals surface area contributed by atoms with Crippen molar-refractivity contribution >= 4 is 52.4 Å². The summed E-state index contributed by atoms with van der Waals surface area (Å²) >= 11 is 12.2. The number of halogens is 2. The predicted octanol–water partition coefficient (Wildman–Crippen LogP) is 5.92. The first-order valence-electron chi connectivity index (χ1n) is 10.4. The highest BCUT2D eigenvalue weighted by atomic mass is 35.5. The molecule has 0 spiro atoms. The van der Waals surface area contributed by atoms with Gasteiger partial charge in [0, 0.05) is 10.7 Å². The second-order valence-electron chi connectivity index (χ2n) is 7.86. The molecule has 0 aliphatic carbocycles. The van der Waals surface area contributed by atoms with Crippen LogP contribution in [0.3, 0.4) is 0 Å². The van der Waals surface area contributed by atoms with Crippen LogP contribution in [0.1, 0.15) is 27.0 Å². The summed E-state index contributed by atoms with van der Waals surface area (Å²) in [6.45, 7) is 5.56. The molecule has 4 rings (SSSR count). The molecule has 1 N–H and O–H groups in total. The minimum Gasteiger partial charge on any atom is -0.423 e. The van der Waals surface area contributed by atoms with Gasteiger partial charge in [-0.05, 0) is 86.0 Å². The van der Waals surface area contributed by atoms with Crippen LogP contribution in [0.5, 0.6) is 5.75 Å². The molecule has 0 radical (unpaired) electrons. The Kier molecular flexibility index (Phi) is 6.46. The number of aryl methyl sites for hydroxylation is 2. The smallest absolute Gasteiger partial charge is 0.343 e. The van der Waals surface area contributed by atoms with Gasteiger partial charge in [-0.15, -0.1) is 0 Å². The van der Waals surface area contributed by atoms with Gasteiger partial charge in [0.2, 0.25) is 0 Å². The topological polar surface area (TPSA) is 75.7 Å². The summed E-state index contributed by atoms with van der Waals surface area (Å²) in [6, 6.07) is 16.6. The standard InChI is InChI=1S/C26H20Cl2N2O4/c1-14-5-4-6-21(16(14)3)30-24(31)22(28)23(25(30)32)29-18-9-7-17(8-10-18)26(33)34-19-11-12-20(27)15(2)13-19/h4-13,29H,1-3H3. The molecule has 1 aliphatic rings. The summed E-state index contributed by atoms with van der Waals surface area (Å²) in [6.07, 6.45) is 0. The van der Waals surface area contributed by atoms with Gasteiger partial charge in [0.05, 0.1) is 11.3 Å². The third-order valence-corrected chi connectivity index (χ3v) is 6.35. The van der Waals surface area contributed by atoms with E-state index < -0.39 is 17.8 Å². The number of hydrogen-bond acceptors (Lipinski definition) is 5. The lowest BCUT2D eigenvalue weighted by atomic mass is 10.1. The van der Waals surface area contributed by atoms with E-state index in [1.807, 2.05) is 26.8 Å². The zero-order valence-corrected chi connectivity index (χ0v) is 20.1. The van der Waals surface area contributed by atoms with Crippen LogP contribution >= 0.6 is 23.2 Å². The minimum atomic E-state index is -0.596. The van der Waals surface area contributed by atoms with Crippen LogP contribution in [0.15, 0.2) is 71.4 Å². The van der Waals surface area contributed by atoms with Crippen LogP contribution in [0.2, 0.25) is 5.02 Å². The van der Waals surface area contributed by atoms with Crippen molar-refractivity contribution in [3.8, 4) is 5.75 Å². The van der Waals surface area contributed by atoms with Crippen molar-refractivity contribution in [1.29, 1.82) is 0 Å². The van der Waals surface area contributed by atoms with Crippen molar-refractivity contribution < 1.29 is 19.1 Å². The van der Waals surface area contributed by atoms with E-state index in [9.17, 15) is 14.4 Å². The quantitative estimate of drug-likeness (QED) is 0.270.